The van der Waals surface area contributed by atoms with Crippen LogP contribution in [0.2, 0.25) is 0 Å². The average Bonchev–Trinajstić information content (AvgIpc) is 2.11. The van der Waals surface area contributed by atoms with Crippen molar-refractivity contribution in [2.45, 2.75) is 19.3 Å². The highest BCUT2D eigenvalue weighted by atomic mass is 15.2. The molecule has 2 heterocycles. The van der Waals surface area contributed by atoms with Crippen molar-refractivity contribution in [2.75, 3.05) is 32.7 Å². The minimum atomic E-state index is 0.669. The van der Waals surface area contributed by atoms with Crippen molar-refractivity contribution >= 4 is 0 Å². The van der Waals surface area contributed by atoms with Gasteiger partial charge in [0.2, 0.25) is 0 Å². The number of hydrogen-bond donors (Lipinski definition) is 1. The van der Waals surface area contributed by atoms with E-state index >= 15 is 0 Å². The van der Waals surface area contributed by atoms with Crippen LogP contribution >= 0.6 is 0 Å². The van der Waals surface area contributed by atoms with E-state index in [-0.39, 0.29) is 0 Å². The Morgan fingerprint density at radius 3 is 2.62 bits per heavy atom. The standard InChI is InChI=1S/C11H18N2/c1(8-13-9-2-10-13)3-11-4-6-12-7-5-11/h11-12H,2,4-10H2. The van der Waals surface area contributed by atoms with E-state index in [9.17, 15) is 0 Å². The molecule has 2 aliphatic heterocycles. The number of piperidine rings is 1. The average molecular weight is 178 g/mol. The normalized spacial score (nSPS) is 24.6. The largest absolute Gasteiger partial charge is 0.317 e. The molecule has 13 heavy (non-hydrogen) atoms. The van der Waals surface area contributed by atoms with E-state index < -0.39 is 0 Å². The van der Waals surface area contributed by atoms with Crippen molar-refractivity contribution in [2.24, 2.45) is 5.92 Å². The molecule has 0 amide bonds. The highest BCUT2D eigenvalue weighted by molar-refractivity contribution is 5.07. The van der Waals surface area contributed by atoms with Crippen LogP contribution in [0.25, 0.3) is 0 Å². The molecule has 2 rings (SSSR count). The van der Waals surface area contributed by atoms with Crippen LogP contribution in [0.4, 0.5) is 0 Å². The maximum Gasteiger partial charge on any atom is 0.0601 e. The molecule has 0 atom stereocenters. The third-order valence-electron chi connectivity index (χ3n) is 2.90. The van der Waals surface area contributed by atoms with E-state index in [4.69, 9.17) is 0 Å². The highest BCUT2D eigenvalue weighted by Crippen LogP contribution is 2.09. The van der Waals surface area contributed by atoms with Crippen LogP contribution in [0.5, 0.6) is 0 Å². The Kier molecular flexibility index (Phi) is 3.23. The first-order valence-corrected chi connectivity index (χ1v) is 5.36. The zero-order chi connectivity index (χ0) is 8.93. The van der Waals surface area contributed by atoms with Crippen LogP contribution in [-0.2, 0) is 0 Å². The van der Waals surface area contributed by atoms with Crippen molar-refractivity contribution in [3.63, 3.8) is 0 Å². The molecule has 0 spiro atoms. The Labute approximate surface area is 80.7 Å². The SMILES string of the molecule is C(#CC1CCNCC1)CN1CCC1. The van der Waals surface area contributed by atoms with Gasteiger partial charge in [-0.2, -0.15) is 0 Å². The summed E-state index contributed by atoms with van der Waals surface area (Å²) in [4.78, 5) is 2.41. The van der Waals surface area contributed by atoms with E-state index in [1.54, 1.807) is 0 Å². The monoisotopic (exact) mass is 178 g/mol. The summed E-state index contributed by atoms with van der Waals surface area (Å²) in [5, 5.41) is 3.36. The molecule has 0 radical (unpaired) electrons. The summed E-state index contributed by atoms with van der Waals surface area (Å²) >= 11 is 0. The van der Waals surface area contributed by atoms with Gasteiger partial charge in [0.15, 0.2) is 0 Å². The zero-order valence-corrected chi connectivity index (χ0v) is 8.18. The highest BCUT2D eigenvalue weighted by Gasteiger charge is 2.12. The molecule has 2 saturated heterocycles. The summed E-state index contributed by atoms with van der Waals surface area (Å²) in [5.41, 5.74) is 0. The summed E-state index contributed by atoms with van der Waals surface area (Å²) in [6.45, 7) is 5.85. The van der Waals surface area contributed by atoms with Gasteiger partial charge in [-0.15, -0.1) is 0 Å². The number of rotatable bonds is 1. The van der Waals surface area contributed by atoms with Crippen molar-refractivity contribution in [3.8, 4) is 11.8 Å². The van der Waals surface area contributed by atoms with Crippen LogP contribution < -0.4 is 5.32 Å². The minimum Gasteiger partial charge on any atom is -0.317 e. The minimum absolute atomic E-state index is 0.669. The lowest BCUT2D eigenvalue weighted by atomic mass is 9.99. The fraction of sp³-hybridized carbons (Fsp3) is 0.818. The molecule has 0 aliphatic carbocycles. The maximum atomic E-state index is 3.39. The van der Waals surface area contributed by atoms with Crippen molar-refractivity contribution in [3.05, 3.63) is 0 Å². The first-order valence-electron chi connectivity index (χ1n) is 5.36. The summed E-state index contributed by atoms with van der Waals surface area (Å²) < 4.78 is 0. The first kappa shape index (κ1) is 9.05. The van der Waals surface area contributed by atoms with Gasteiger partial charge in [-0.3, -0.25) is 4.90 Å². The Bertz CT molecular complexity index is 204. The molecule has 2 nitrogen and oxygen atoms in total. The maximum absolute atomic E-state index is 3.39. The third kappa shape index (κ3) is 2.72. The predicted molar refractivity (Wildman–Crippen MR) is 54.4 cm³/mol. The molecule has 2 aliphatic rings. The van der Waals surface area contributed by atoms with Crippen molar-refractivity contribution in [1.82, 2.24) is 10.2 Å². The third-order valence-corrected chi connectivity index (χ3v) is 2.90. The zero-order valence-electron chi connectivity index (χ0n) is 8.18. The molecule has 0 aromatic carbocycles. The molecule has 0 aromatic rings. The number of hydrogen-bond acceptors (Lipinski definition) is 2. The summed E-state index contributed by atoms with van der Waals surface area (Å²) in [5.74, 6) is 7.36. The molecule has 2 fully saturated rings. The lowest BCUT2D eigenvalue weighted by Gasteiger charge is -2.28. The van der Waals surface area contributed by atoms with Gasteiger partial charge in [0.1, 0.15) is 0 Å². The van der Waals surface area contributed by atoms with Gasteiger partial charge in [0, 0.05) is 19.0 Å². The second-order valence-electron chi connectivity index (χ2n) is 3.98. The summed E-state index contributed by atoms with van der Waals surface area (Å²) in [6.07, 6.45) is 3.86. The number of nitrogens with one attached hydrogen (secondary N) is 1. The first-order chi connectivity index (χ1) is 6.45. The van der Waals surface area contributed by atoms with Crippen LogP contribution in [-0.4, -0.2) is 37.6 Å². The number of nitrogens with zero attached hydrogens (tertiary/aromatic N) is 1. The van der Waals surface area contributed by atoms with Crippen molar-refractivity contribution in [1.29, 1.82) is 0 Å². The molecule has 1 N–H and O–H groups in total. The van der Waals surface area contributed by atoms with Crippen LogP contribution in [0.3, 0.4) is 0 Å². The Morgan fingerprint density at radius 2 is 2.00 bits per heavy atom. The molecule has 72 valence electrons. The van der Waals surface area contributed by atoms with E-state index in [1.807, 2.05) is 0 Å². The fourth-order valence-corrected chi connectivity index (χ4v) is 1.81. The Hall–Kier alpha value is -0.520. The van der Waals surface area contributed by atoms with Crippen LogP contribution in [0.1, 0.15) is 19.3 Å². The second-order valence-corrected chi connectivity index (χ2v) is 3.98. The molecular formula is C11H18N2. The van der Waals surface area contributed by atoms with Gasteiger partial charge in [-0.05, 0) is 32.4 Å². The van der Waals surface area contributed by atoms with Gasteiger partial charge in [0.05, 0.1) is 6.54 Å². The molecule has 2 heteroatoms. The second kappa shape index (κ2) is 4.64. The van der Waals surface area contributed by atoms with Crippen LogP contribution in [0, 0.1) is 17.8 Å². The predicted octanol–water partition coefficient (Wildman–Crippen LogP) is 0.695. The van der Waals surface area contributed by atoms with Gasteiger partial charge in [0.25, 0.3) is 0 Å². The smallest absolute Gasteiger partial charge is 0.0601 e. The molecule has 0 bridgehead atoms. The van der Waals surface area contributed by atoms with Crippen molar-refractivity contribution < 1.29 is 0 Å². The van der Waals surface area contributed by atoms with E-state index in [1.165, 1.54) is 32.4 Å². The van der Waals surface area contributed by atoms with Gasteiger partial charge >= 0.3 is 0 Å². The lowest BCUT2D eigenvalue weighted by Crippen LogP contribution is -2.37. The van der Waals surface area contributed by atoms with Gasteiger partial charge < -0.3 is 5.32 Å². The molecule has 0 aromatic heterocycles. The molecule has 0 saturated carbocycles. The quantitative estimate of drug-likeness (QED) is 0.594. The molecular weight excluding hydrogens is 160 g/mol. The van der Waals surface area contributed by atoms with E-state index in [0.29, 0.717) is 5.92 Å². The summed E-state index contributed by atoms with van der Waals surface area (Å²) in [6, 6.07) is 0. The van der Waals surface area contributed by atoms with E-state index in [2.05, 4.69) is 22.1 Å². The van der Waals surface area contributed by atoms with Crippen LogP contribution in [0.15, 0.2) is 0 Å². The lowest BCUT2D eigenvalue weighted by molar-refractivity contribution is 0.206. The van der Waals surface area contributed by atoms with E-state index in [0.717, 1.165) is 19.6 Å². The van der Waals surface area contributed by atoms with Gasteiger partial charge in [-0.1, -0.05) is 11.8 Å². The topological polar surface area (TPSA) is 15.3 Å². The fourth-order valence-electron chi connectivity index (χ4n) is 1.81. The Morgan fingerprint density at radius 1 is 1.23 bits per heavy atom. The summed E-state index contributed by atoms with van der Waals surface area (Å²) in [7, 11) is 0. The molecule has 0 unspecified atom stereocenters. The Balaban J connectivity index is 1.68. The van der Waals surface area contributed by atoms with Gasteiger partial charge in [-0.25, -0.2) is 0 Å². The number of likely N-dealkylation sites (tertiary alicyclic amines) is 1.